The van der Waals surface area contributed by atoms with Gasteiger partial charge in [-0.15, -0.1) is 0 Å². The molecule has 0 radical (unpaired) electrons. The van der Waals surface area contributed by atoms with Crippen LogP contribution in [0.15, 0.2) is 0 Å². The summed E-state index contributed by atoms with van der Waals surface area (Å²) in [7, 11) is 0. The van der Waals surface area contributed by atoms with Crippen molar-refractivity contribution in [2.45, 2.75) is 32.2 Å². The molecule has 0 amide bonds. The Kier molecular flexibility index (Phi) is 2.66. The van der Waals surface area contributed by atoms with Crippen LogP contribution in [0, 0.1) is 5.92 Å². The fourth-order valence-corrected chi connectivity index (χ4v) is 2.48. The van der Waals surface area contributed by atoms with Crippen LogP contribution in [0.25, 0.3) is 0 Å². The SMILES string of the molecule is CCC1CCN(C2CCNC2)C1. The molecule has 2 heterocycles. The first-order chi connectivity index (χ1) is 5.90. The van der Waals surface area contributed by atoms with Crippen LogP contribution >= 0.6 is 0 Å². The molecule has 0 aromatic rings. The van der Waals surface area contributed by atoms with E-state index in [2.05, 4.69) is 17.1 Å². The van der Waals surface area contributed by atoms with Crippen LogP contribution in [0.4, 0.5) is 0 Å². The Morgan fingerprint density at radius 1 is 1.42 bits per heavy atom. The Morgan fingerprint density at radius 3 is 2.92 bits per heavy atom. The predicted molar refractivity (Wildman–Crippen MR) is 51.2 cm³/mol. The van der Waals surface area contributed by atoms with Crippen LogP contribution in [0.2, 0.25) is 0 Å². The van der Waals surface area contributed by atoms with E-state index >= 15 is 0 Å². The van der Waals surface area contributed by atoms with Gasteiger partial charge in [-0.25, -0.2) is 0 Å². The van der Waals surface area contributed by atoms with E-state index in [1.807, 2.05) is 0 Å². The van der Waals surface area contributed by atoms with Crippen molar-refractivity contribution in [3.05, 3.63) is 0 Å². The van der Waals surface area contributed by atoms with Crippen LogP contribution in [-0.4, -0.2) is 37.1 Å². The molecule has 2 atom stereocenters. The average molecular weight is 168 g/mol. The zero-order valence-corrected chi connectivity index (χ0v) is 8.05. The molecule has 2 rings (SSSR count). The Labute approximate surface area is 75.3 Å². The van der Waals surface area contributed by atoms with Crippen molar-refractivity contribution in [2.24, 2.45) is 5.92 Å². The molecule has 2 unspecified atom stereocenters. The first-order valence-corrected chi connectivity index (χ1v) is 5.35. The standard InChI is InChI=1S/C10H20N2/c1-2-9-4-6-12(8-9)10-3-5-11-7-10/h9-11H,2-8H2,1H3. The summed E-state index contributed by atoms with van der Waals surface area (Å²) in [6.45, 7) is 7.50. The van der Waals surface area contributed by atoms with Crippen molar-refractivity contribution in [3.63, 3.8) is 0 Å². The second-order valence-corrected chi connectivity index (χ2v) is 4.20. The summed E-state index contributed by atoms with van der Waals surface area (Å²) in [4.78, 5) is 2.69. The summed E-state index contributed by atoms with van der Waals surface area (Å²) >= 11 is 0. The van der Waals surface area contributed by atoms with Crippen LogP contribution in [-0.2, 0) is 0 Å². The summed E-state index contributed by atoms with van der Waals surface area (Å²) in [5.74, 6) is 0.991. The van der Waals surface area contributed by atoms with Gasteiger partial charge in [-0.2, -0.15) is 0 Å². The Hall–Kier alpha value is -0.0800. The molecule has 70 valence electrons. The van der Waals surface area contributed by atoms with Gasteiger partial charge in [0.15, 0.2) is 0 Å². The number of nitrogens with zero attached hydrogens (tertiary/aromatic N) is 1. The van der Waals surface area contributed by atoms with Gasteiger partial charge in [0, 0.05) is 19.1 Å². The highest BCUT2D eigenvalue weighted by molar-refractivity contribution is 4.85. The van der Waals surface area contributed by atoms with Crippen LogP contribution in [0.5, 0.6) is 0 Å². The van der Waals surface area contributed by atoms with Crippen molar-refractivity contribution in [1.82, 2.24) is 10.2 Å². The molecule has 2 heteroatoms. The zero-order valence-electron chi connectivity index (χ0n) is 8.05. The van der Waals surface area contributed by atoms with E-state index in [1.54, 1.807) is 0 Å². The van der Waals surface area contributed by atoms with Gasteiger partial charge < -0.3 is 5.32 Å². The molecule has 0 aliphatic carbocycles. The monoisotopic (exact) mass is 168 g/mol. The minimum Gasteiger partial charge on any atom is -0.315 e. The smallest absolute Gasteiger partial charge is 0.0232 e. The second-order valence-electron chi connectivity index (χ2n) is 4.20. The molecule has 2 aliphatic heterocycles. The number of rotatable bonds is 2. The summed E-state index contributed by atoms with van der Waals surface area (Å²) in [6, 6.07) is 0.863. The summed E-state index contributed by atoms with van der Waals surface area (Å²) in [6.07, 6.45) is 4.18. The molecule has 0 spiro atoms. The highest BCUT2D eigenvalue weighted by Gasteiger charge is 2.28. The van der Waals surface area contributed by atoms with E-state index in [9.17, 15) is 0 Å². The molecule has 2 saturated heterocycles. The Bertz CT molecular complexity index is 141. The fraction of sp³-hybridized carbons (Fsp3) is 1.00. The lowest BCUT2D eigenvalue weighted by molar-refractivity contribution is 0.248. The molecular weight excluding hydrogens is 148 g/mol. The van der Waals surface area contributed by atoms with E-state index in [1.165, 1.54) is 45.4 Å². The molecule has 0 bridgehead atoms. The largest absolute Gasteiger partial charge is 0.315 e. The maximum absolute atomic E-state index is 3.44. The average Bonchev–Trinajstić information content (AvgIpc) is 2.75. The van der Waals surface area contributed by atoms with Crippen molar-refractivity contribution in [1.29, 1.82) is 0 Å². The number of nitrogens with one attached hydrogen (secondary N) is 1. The van der Waals surface area contributed by atoms with E-state index in [0.29, 0.717) is 0 Å². The third-order valence-corrected chi connectivity index (χ3v) is 3.45. The zero-order chi connectivity index (χ0) is 8.39. The van der Waals surface area contributed by atoms with Gasteiger partial charge in [-0.1, -0.05) is 13.3 Å². The summed E-state index contributed by atoms with van der Waals surface area (Å²) in [5.41, 5.74) is 0. The lowest BCUT2D eigenvalue weighted by Gasteiger charge is -2.22. The van der Waals surface area contributed by atoms with Crippen LogP contribution in [0.3, 0.4) is 0 Å². The fourth-order valence-electron chi connectivity index (χ4n) is 2.48. The third-order valence-electron chi connectivity index (χ3n) is 3.45. The molecule has 0 aromatic carbocycles. The molecule has 2 nitrogen and oxygen atoms in total. The summed E-state index contributed by atoms with van der Waals surface area (Å²) in [5, 5.41) is 3.44. The molecule has 0 aromatic heterocycles. The highest BCUT2D eigenvalue weighted by Crippen LogP contribution is 2.22. The number of hydrogen-bond acceptors (Lipinski definition) is 2. The van der Waals surface area contributed by atoms with E-state index in [0.717, 1.165) is 12.0 Å². The van der Waals surface area contributed by atoms with Crippen molar-refractivity contribution >= 4 is 0 Å². The number of hydrogen-bond donors (Lipinski definition) is 1. The quantitative estimate of drug-likeness (QED) is 0.664. The van der Waals surface area contributed by atoms with E-state index < -0.39 is 0 Å². The molecule has 1 N–H and O–H groups in total. The van der Waals surface area contributed by atoms with Gasteiger partial charge in [0.1, 0.15) is 0 Å². The molecule has 0 saturated carbocycles. The Balaban J connectivity index is 1.81. The van der Waals surface area contributed by atoms with Gasteiger partial charge in [0.2, 0.25) is 0 Å². The first-order valence-electron chi connectivity index (χ1n) is 5.35. The third kappa shape index (κ3) is 1.64. The van der Waals surface area contributed by atoms with E-state index in [4.69, 9.17) is 0 Å². The molecule has 2 fully saturated rings. The van der Waals surface area contributed by atoms with E-state index in [-0.39, 0.29) is 0 Å². The van der Waals surface area contributed by atoms with Crippen LogP contribution < -0.4 is 5.32 Å². The normalized spacial score (nSPS) is 37.8. The first kappa shape index (κ1) is 8.52. The topological polar surface area (TPSA) is 15.3 Å². The van der Waals surface area contributed by atoms with Crippen LogP contribution in [0.1, 0.15) is 26.2 Å². The van der Waals surface area contributed by atoms with Crippen molar-refractivity contribution in [3.8, 4) is 0 Å². The Morgan fingerprint density at radius 2 is 2.33 bits per heavy atom. The maximum atomic E-state index is 3.44. The highest BCUT2D eigenvalue weighted by atomic mass is 15.2. The molecular formula is C10H20N2. The predicted octanol–water partition coefficient (Wildman–Crippen LogP) is 1.08. The van der Waals surface area contributed by atoms with Crippen molar-refractivity contribution < 1.29 is 0 Å². The second kappa shape index (κ2) is 3.75. The van der Waals surface area contributed by atoms with Gasteiger partial charge in [-0.05, 0) is 31.8 Å². The van der Waals surface area contributed by atoms with Crippen molar-refractivity contribution in [2.75, 3.05) is 26.2 Å². The van der Waals surface area contributed by atoms with Gasteiger partial charge >= 0.3 is 0 Å². The van der Waals surface area contributed by atoms with Gasteiger partial charge in [-0.3, -0.25) is 4.90 Å². The lowest BCUT2D eigenvalue weighted by Crippen LogP contribution is -2.34. The minimum atomic E-state index is 0.863. The molecule has 12 heavy (non-hydrogen) atoms. The molecule has 2 aliphatic rings. The number of likely N-dealkylation sites (tertiary alicyclic amines) is 1. The van der Waals surface area contributed by atoms with Gasteiger partial charge in [0.05, 0.1) is 0 Å². The lowest BCUT2D eigenvalue weighted by atomic mass is 10.1. The maximum Gasteiger partial charge on any atom is 0.0232 e. The minimum absolute atomic E-state index is 0.863. The summed E-state index contributed by atoms with van der Waals surface area (Å²) < 4.78 is 0. The van der Waals surface area contributed by atoms with Gasteiger partial charge in [0.25, 0.3) is 0 Å².